The third-order valence-corrected chi connectivity index (χ3v) is 4.15. The molecule has 5 heteroatoms. The van der Waals surface area contributed by atoms with Crippen LogP contribution in [0.4, 0.5) is 0 Å². The van der Waals surface area contributed by atoms with Gasteiger partial charge in [0.2, 0.25) is 0 Å². The maximum Gasteiger partial charge on any atom is 0.199 e. The number of nitrogens with one attached hydrogen (secondary N) is 1. The highest BCUT2D eigenvalue weighted by molar-refractivity contribution is 6.03. The summed E-state index contributed by atoms with van der Waals surface area (Å²) in [5.41, 5.74) is 0.944. The van der Waals surface area contributed by atoms with Crippen LogP contribution in [0.1, 0.15) is 42.8 Å². The minimum Gasteiger partial charge on any atom is -0.484 e. The Morgan fingerprint density at radius 2 is 2.23 bits per heavy atom. The Morgan fingerprint density at radius 1 is 1.41 bits per heavy atom. The number of fused-ring (bicyclic) bond motifs is 1. The molecule has 2 unspecified atom stereocenters. The lowest BCUT2D eigenvalue weighted by Gasteiger charge is -2.38. The van der Waals surface area contributed by atoms with Crippen LogP contribution < -0.4 is 10.1 Å². The molecule has 0 saturated carbocycles. The highest BCUT2D eigenvalue weighted by Gasteiger charge is 2.44. The SMILES string of the molecule is CCOC1C(=O)c2ccc(C3CNCCO3)cc2OC1(C)C. The van der Waals surface area contributed by atoms with E-state index in [1.54, 1.807) is 0 Å². The summed E-state index contributed by atoms with van der Waals surface area (Å²) in [6, 6.07) is 5.69. The number of carbonyl (C=O) groups is 1. The van der Waals surface area contributed by atoms with E-state index in [4.69, 9.17) is 14.2 Å². The molecule has 22 heavy (non-hydrogen) atoms. The van der Waals surface area contributed by atoms with E-state index in [0.29, 0.717) is 24.5 Å². The standard InChI is InChI=1S/C17H23NO4/c1-4-20-16-15(19)12-6-5-11(14-10-18-7-8-21-14)9-13(12)22-17(16,2)3/h5-6,9,14,16,18H,4,7-8,10H2,1-3H3. The van der Waals surface area contributed by atoms with Gasteiger partial charge in [0.05, 0.1) is 18.3 Å². The van der Waals surface area contributed by atoms with Crippen LogP contribution in [0.5, 0.6) is 5.75 Å². The maximum atomic E-state index is 12.7. The Hall–Kier alpha value is -1.43. The van der Waals surface area contributed by atoms with Gasteiger partial charge in [0.15, 0.2) is 11.9 Å². The number of hydrogen-bond acceptors (Lipinski definition) is 5. The number of rotatable bonds is 3. The summed E-state index contributed by atoms with van der Waals surface area (Å²) in [5, 5.41) is 3.31. The van der Waals surface area contributed by atoms with Gasteiger partial charge in [-0.05, 0) is 38.5 Å². The minimum absolute atomic E-state index is 0.00507. The molecular weight excluding hydrogens is 282 g/mol. The fraction of sp³-hybridized carbons (Fsp3) is 0.588. The number of morpholine rings is 1. The molecule has 1 N–H and O–H groups in total. The lowest BCUT2D eigenvalue weighted by molar-refractivity contribution is -0.0591. The summed E-state index contributed by atoms with van der Waals surface area (Å²) in [4.78, 5) is 12.7. The van der Waals surface area contributed by atoms with E-state index < -0.39 is 11.7 Å². The van der Waals surface area contributed by atoms with Crippen molar-refractivity contribution in [2.24, 2.45) is 0 Å². The highest BCUT2D eigenvalue weighted by atomic mass is 16.6. The summed E-state index contributed by atoms with van der Waals surface area (Å²) in [7, 11) is 0. The Morgan fingerprint density at radius 3 is 2.91 bits per heavy atom. The zero-order valence-corrected chi connectivity index (χ0v) is 13.3. The van der Waals surface area contributed by atoms with Gasteiger partial charge in [-0.3, -0.25) is 4.79 Å². The average molecular weight is 305 g/mol. The summed E-state index contributed by atoms with van der Waals surface area (Å²) in [6.45, 7) is 8.49. The molecule has 2 atom stereocenters. The minimum atomic E-state index is -0.676. The molecule has 1 aromatic rings. The van der Waals surface area contributed by atoms with Gasteiger partial charge in [-0.25, -0.2) is 0 Å². The summed E-state index contributed by atoms with van der Waals surface area (Å²) >= 11 is 0. The molecule has 0 bridgehead atoms. The molecule has 5 nitrogen and oxygen atoms in total. The van der Waals surface area contributed by atoms with Crippen molar-refractivity contribution in [3.05, 3.63) is 29.3 Å². The van der Waals surface area contributed by atoms with Crippen LogP contribution in [0.2, 0.25) is 0 Å². The molecule has 1 fully saturated rings. The molecule has 1 aromatic carbocycles. The predicted molar refractivity (Wildman–Crippen MR) is 82.5 cm³/mol. The van der Waals surface area contributed by atoms with Crippen LogP contribution in [0.25, 0.3) is 0 Å². The van der Waals surface area contributed by atoms with E-state index in [1.807, 2.05) is 39.0 Å². The lowest BCUT2D eigenvalue weighted by Crippen LogP contribution is -2.51. The zero-order valence-electron chi connectivity index (χ0n) is 13.3. The first kappa shape index (κ1) is 15.5. The van der Waals surface area contributed by atoms with E-state index in [9.17, 15) is 4.79 Å². The summed E-state index contributed by atoms with van der Waals surface area (Å²) in [5.74, 6) is 0.611. The van der Waals surface area contributed by atoms with E-state index in [0.717, 1.165) is 18.7 Å². The lowest BCUT2D eigenvalue weighted by atomic mass is 9.88. The number of Topliss-reactive ketones (excluding diaryl/α,β-unsaturated/α-hetero) is 1. The van der Waals surface area contributed by atoms with Crippen molar-refractivity contribution in [1.82, 2.24) is 5.32 Å². The predicted octanol–water partition coefficient (Wildman–Crippen LogP) is 2.11. The van der Waals surface area contributed by atoms with Crippen LogP contribution in [-0.2, 0) is 9.47 Å². The van der Waals surface area contributed by atoms with E-state index in [-0.39, 0.29) is 11.9 Å². The number of benzene rings is 1. The number of hydrogen-bond donors (Lipinski definition) is 1. The van der Waals surface area contributed by atoms with Gasteiger partial charge in [-0.1, -0.05) is 6.07 Å². The summed E-state index contributed by atoms with van der Waals surface area (Å²) in [6.07, 6.45) is -0.561. The van der Waals surface area contributed by atoms with Gasteiger partial charge in [0, 0.05) is 19.7 Å². The first-order chi connectivity index (χ1) is 10.5. The molecule has 0 spiro atoms. The molecule has 0 radical (unpaired) electrons. The number of ketones is 1. The Kier molecular flexibility index (Phi) is 4.21. The van der Waals surface area contributed by atoms with Crippen LogP contribution in [0, 0.1) is 0 Å². The Balaban J connectivity index is 1.91. The van der Waals surface area contributed by atoms with Gasteiger partial charge in [0.25, 0.3) is 0 Å². The molecule has 0 aliphatic carbocycles. The van der Waals surface area contributed by atoms with Crippen molar-refractivity contribution < 1.29 is 19.0 Å². The van der Waals surface area contributed by atoms with Crippen molar-refractivity contribution in [1.29, 1.82) is 0 Å². The molecular formula is C17H23NO4. The third-order valence-electron chi connectivity index (χ3n) is 4.15. The van der Waals surface area contributed by atoms with Crippen molar-refractivity contribution in [2.75, 3.05) is 26.3 Å². The van der Waals surface area contributed by atoms with Crippen molar-refractivity contribution >= 4 is 5.78 Å². The Bertz CT molecular complexity index is 564. The number of carbonyl (C=O) groups excluding carboxylic acids is 1. The topological polar surface area (TPSA) is 56.8 Å². The van der Waals surface area contributed by atoms with Crippen molar-refractivity contribution in [2.45, 2.75) is 38.6 Å². The van der Waals surface area contributed by atoms with E-state index in [1.165, 1.54) is 0 Å². The van der Waals surface area contributed by atoms with Gasteiger partial charge < -0.3 is 19.5 Å². The molecule has 2 heterocycles. The van der Waals surface area contributed by atoms with E-state index in [2.05, 4.69) is 5.32 Å². The first-order valence-electron chi connectivity index (χ1n) is 7.84. The number of ether oxygens (including phenoxy) is 3. The average Bonchev–Trinajstić information content (AvgIpc) is 2.51. The molecule has 3 rings (SSSR count). The van der Waals surface area contributed by atoms with Crippen LogP contribution in [0.15, 0.2) is 18.2 Å². The largest absolute Gasteiger partial charge is 0.484 e. The molecule has 1 saturated heterocycles. The normalized spacial score (nSPS) is 27.1. The fourth-order valence-electron chi connectivity index (χ4n) is 3.04. The van der Waals surface area contributed by atoms with Gasteiger partial charge in [0.1, 0.15) is 11.4 Å². The first-order valence-corrected chi connectivity index (χ1v) is 7.84. The maximum absolute atomic E-state index is 12.7. The second-order valence-electron chi connectivity index (χ2n) is 6.22. The molecule has 2 aliphatic heterocycles. The fourth-order valence-corrected chi connectivity index (χ4v) is 3.04. The third kappa shape index (κ3) is 2.76. The quantitative estimate of drug-likeness (QED) is 0.927. The van der Waals surface area contributed by atoms with Crippen molar-refractivity contribution in [3.8, 4) is 5.75 Å². The molecule has 2 aliphatic rings. The Labute approximate surface area is 130 Å². The van der Waals surface area contributed by atoms with Gasteiger partial charge in [-0.2, -0.15) is 0 Å². The second-order valence-corrected chi connectivity index (χ2v) is 6.22. The molecule has 120 valence electrons. The second kappa shape index (κ2) is 5.99. The van der Waals surface area contributed by atoms with Crippen LogP contribution in [-0.4, -0.2) is 43.8 Å². The van der Waals surface area contributed by atoms with E-state index >= 15 is 0 Å². The summed E-state index contributed by atoms with van der Waals surface area (Å²) < 4.78 is 17.4. The van der Waals surface area contributed by atoms with Gasteiger partial charge >= 0.3 is 0 Å². The van der Waals surface area contributed by atoms with Gasteiger partial charge in [-0.15, -0.1) is 0 Å². The molecule has 0 amide bonds. The zero-order chi connectivity index (χ0) is 15.7. The smallest absolute Gasteiger partial charge is 0.199 e. The highest BCUT2D eigenvalue weighted by Crippen LogP contribution is 2.37. The molecule has 0 aromatic heterocycles. The van der Waals surface area contributed by atoms with Crippen molar-refractivity contribution in [3.63, 3.8) is 0 Å². The monoisotopic (exact) mass is 305 g/mol. The van der Waals surface area contributed by atoms with Crippen LogP contribution >= 0.6 is 0 Å². The van der Waals surface area contributed by atoms with Crippen LogP contribution in [0.3, 0.4) is 0 Å².